The summed E-state index contributed by atoms with van der Waals surface area (Å²) in [6.07, 6.45) is 7.90. The first-order valence-electron chi connectivity index (χ1n) is 19.2. The molecule has 2 aliphatic rings. The number of carbonyl (C=O) groups excluding carboxylic acids is 3. The highest BCUT2D eigenvalue weighted by Crippen LogP contribution is 2.35. The summed E-state index contributed by atoms with van der Waals surface area (Å²) in [5.41, 5.74) is 6.57. The second kappa shape index (κ2) is 15.9. The number of hydrogen-bond donors (Lipinski definition) is 4. The highest BCUT2D eigenvalue weighted by molar-refractivity contribution is 5.88. The molecule has 0 spiro atoms. The molecule has 4 amide bonds. The van der Waals surface area contributed by atoms with Crippen LogP contribution in [0, 0.1) is 5.92 Å². The van der Waals surface area contributed by atoms with E-state index < -0.39 is 18.2 Å². The number of aromatic nitrogens is 6. The van der Waals surface area contributed by atoms with Crippen LogP contribution < -0.4 is 5.32 Å². The Morgan fingerprint density at radius 1 is 0.821 bits per heavy atom. The lowest BCUT2D eigenvalue weighted by Gasteiger charge is -2.33. The van der Waals surface area contributed by atoms with Crippen LogP contribution in [0.5, 0.6) is 0 Å². The van der Waals surface area contributed by atoms with Gasteiger partial charge in [0.2, 0.25) is 17.7 Å². The van der Waals surface area contributed by atoms with E-state index in [1.807, 2.05) is 68.1 Å². The molecule has 7 rings (SSSR count). The number of amides is 4. The molecule has 0 aliphatic carbocycles. The van der Waals surface area contributed by atoms with E-state index in [-0.39, 0.29) is 35.7 Å². The van der Waals surface area contributed by atoms with E-state index in [4.69, 9.17) is 9.97 Å². The van der Waals surface area contributed by atoms with Crippen molar-refractivity contribution in [2.45, 2.75) is 84.0 Å². The quantitative estimate of drug-likeness (QED) is 0.126. The predicted molar refractivity (Wildman–Crippen MR) is 210 cm³/mol. The molecule has 4 N–H and O–H groups in total. The van der Waals surface area contributed by atoms with Crippen molar-refractivity contribution >= 4 is 34.8 Å². The molecule has 2 aromatic carbocycles. The van der Waals surface area contributed by atoms with Crippen molar-refractivity contribution < 1.29 is 24.3 Å². The van der Waals surface area contributed by atoms with Crippen molar-refractivity contribution in [1.29, 1.82) is 0 Å². The maximum atomic E-state index is 13.6. The highest BCUT2D eigenvalue weighted by atomic mass is 16.4. The number of nitrogens with one attached hydrogen (secondary N) is 3. The molecule has 0 radical (unpaired) electrons. The van der Waals surface area contributed by atoms with Gasteiger partial charge in [0.15, 0.2) is 0 Å². The molecule has 15 nitrogen and oxygen atoms in total. The van der Waals surface area contributed by atoms with Crippen molar-refractivity contribution in [3.63, 3.8) is 0 Å². The first kappa shape index (κ1) is 38.2. The number of aromatic amines is 2. The van der Waals surface area contributed by atoms with Crippen LogP contribution in [0.3, 0.4) is 0 Å². The summed E-state index contributed by atoms with van der Waals surface area (Å²) in [6, 6.07) is 12.1. The fourth-order valence-corrected chi connectivity index (χ4v) is 8.04. The smallest absolute Gasteiger partial charge is 0.407 e. The van der Waals surface area contributed by atoms with Gasteiger partial charge in [-0.3, -0.25) is 24.3 Å². The molecule has 3 aromatic heterocycles. The molecule has 4 atom stereocenters. The van der Waals surface area contributed by atoms with Crippen molar-refractivity contribution in [3.05, 3.63) is 72.7 Å². The molecule has 5 aromatic rings. The summed E-state index contributed by atoms with van der Waals surface area (Å²) in [7, 11) is 1.44. The highest BCUT2D eigenvalue weighted by Gasteiger charge is 2.40. The fraction of sp³-hybridized carbons (Fsp3) is 0.415. The van der Waals surface area contributed by atoms with Crippen LogP contribution >= 0.6 is 0 Å². The Balaban J connectivity index is 1.03. The lowest BCUT2D eigenvalue weighted by molar-refractivity contribution is -0.138. The number of H-pyrrole nitrogens is 2. The van der Waals surface area contributed by atoms with E-state index in [2.05, 4.69) is 25.3 Å². The Hall–Kier alpha value is -6.12. The molecule has 0 unspecified atom stereocenters. The number of likely N-dealkylation sites (tertiary alicyclic amines) is 2. The van der Waals surface area contributed by atoms with Crippen LogP contribution in [-0.4, -0.2) is 106 Å². The number of imidazole rings is 2. The maximum absolute atomic E-state index is 13.6. The third kappa shape index (κ3) is 7.57. The summed E-state index contributed by atoms with van der Waals surface area (Å²) in [5, 5.41) is 12.4. The standard InChI is InChI=1S/C41H48N10O5/c1-6-28(45-24(4)52)39(53)50-17-7-9-34(50)37-44-22-33(48-37)27-15-16-29-30(19-27)42-20-31(46-29)25-11-13-26(14-12-25)32-21-43-38(47-32)35-10-8-18-51(35)40(54)36(23(2)3)49(5)41(55)56/h11-16,19-23,28,34-36H,6-10,17-18H2,1-5H3,(H,43,47)(H,44,48)(H,45,52)(H,55,56)/t28-,34-,35-,36-/m0/s1. The zero-order chi connectivity index (χ0) is 39.7. The molecule has 2 aliphatic heterocycles. The number of hydrogen-bond acceptors (Lipinski definition) is 8. The van der Waals surface area contributed by atoms with Gasteiger partial charge in [-0.05, 0) is 55.7 Å². The third-order valence-electron chi connectivity index (χ3n) is 10.9. The molecule has 292 valence electrons. The monoisotopic (exact) mass is 760 g/mol. The number of benzene rings is 2. The van der Waals surface area contributed by atoms with E-state index >= 15 is 0 Å². The van der Waals surface area contributed by atoms with Gasteiger partial charge in [-0.2, -0.15) is 0 Å². The molecule has 0 bridgehead atoms. The molecule has 56 heavy (non-hydrogen) atoms. The molecular formula is C41H48N10O5. The molecule has 15 heteroatoms. The zero-order valence-electron chi connectivity index (χ0n) is 32.3. The third-order valence-corrected chi connectivity index (χ3v) is 10.9. The van der Waals surface area contributed by atoms with Crippen molar-refractivity contribution in [1.82, 2.24) is 49.9 Å². The van der Waals surface area contributed by atoms with Crippen LogP contribution in [0.25, 0.3) is 44.8 Å². The van der Waals surface area contributed by atoms with Crippen molar-refractivity contribution in [2.75, 3.05) is 20.1 Å². The van der Waals surface area contributed by atoms with Crippen LogP contribution in [-0.2, 0) is 14.4 Å². The normalized spacial score (nSPS) is 18.0. The van der Waals surface area contributed by atoms with Gasteiger partial charge in [0.25, 0.3) is 0 Å². The minimum Gasteiger partial charge on any atom is -0.465 e. The number of rotatable bonds is 11. The van der Waals surface area contributed by atoms with E-state index in [1.165, 1.54) is 14.0 Å². The van der Waals surface area contributed by atoms with Gasteiger partial charge in [-0.1, -0.05) is 51.1 Å². The van der Waals surface area contributed by atoms with Gasteiger partial charge in [0.05, 0.1) is 58.8 Å². The number of carboxylic acid groups (broad SMARTS) is 1. The largest absolute Gasteiger partial charge is 0.465 e. The lowest BCUT2D eigenvalue weighted by Crippen LogP contribution is -2.51. The van der Waals surface area contributed by atoms with Crippen LogP contribution in [0.4, 0.5) is 4.79 Å². The second-order valence-corrected chi connectivity index (χ2v) is 15.0. The van der Waals surface area contributed by atoms with Gasteiger partial charge in [0.1, 0.15) is 23.7 Å². The van der Waals surface area contributed by atoms with Crippen LogP contribution in [0.15, 0.2) is 61.1 Å². The molecule has 2 fully saturated rings. The van der Waals surface area contributed by atoms with E-state index in [9.17, 15) is 24.3 Å². The number of fused-ring (bicyclic) bond motifs is 1. The summed E-state index contributed by atoms with van der Waals surface area (Å²) < 4.78 is 0. The van der Waals surface area contributed by atoms with E-state index in [0.717, 1.165) is 81.2 Å². The molecule has 2 saturated heterocycles. The van der Waals surface area contributed by atoms with Crippen LogP contribution in [0.1, 0.15) is 83.5 Å². The Labute approximate surface area is 325 Å². The van der Waals surface area contributed by atoms with Crippen molar-refractivity contribution in [3.8, 4) is 33.8 Å². The average Bonchev–Trinajstić information content (AvgIpc) is 4.03. The Morgan fingerprint density at radius 2 is 1.39 bits per heavy atom. The predicted octanol–water partition coefficient (Wildman–Crippen LogP) is 5.95. The number of carbonyl (C=O) groups is 4. The minimum absolute atomic E-state index is 0.0873. The van der Waals surface area contributed by atoms with Crippen molar-refractivity contribution in [2.24, 2.45) is 5.92 Å². The second-order valence-electron chi connectivity index (χ2n) is 15.0. The van der Waals surface area contributed by atoms with Gasteiger partial charge in [-0.15, -0.1) is 0 Å². The SMILES string of the molecule is CC[C@H](NC(C)=O)C(=O)N1CCC[C@H]1c1ncc(-c2ccc3nc(-c4ccc(-c5cnc([C@@H]6CCCN6C(=O)[C@H](C(C)C)N(C)C(=O)O)[nH]5)cc4)cnc3c2)[nH]1. The molecule has 0 saturated carbocycles. The Morgan fingerprint density at radius 3 is 1.96 bits per heavy atom. The Kier molecular flexibility index (Phi) is 10.9. The maximum Gasteiger partial charge on any atom is 0.407 e. The summed E-state index contributed by atoms with van der Waals surface area (Å²) in [4.78, 5) is 80.7. The van der Waals surface area contributed by atoms with Crippen LogP contribution in [0.2, 0.25) is 0 Å². The molecule has 5 heterocycles. The van der Waals surface area contributed by atoms with E-state index in [0.29, 0.717) is 25.3 Å². The fourth-order valence-electron chi connectivity index (χ4n) is 8.04. The lowest BCUT2D eigenvalue weighted by atomic mass is 10.0. The summed E-state index contributed by atoms with van der Waals surface area (Å²) in [5.74, 6) is 0.710. The van der Waals surface area contributed by atoms with E-state index in [1.54, 1.807) is 23.5 Å². The summed E-state index contributed by atoms with van der Waals surface area (Å²) in [6.45, 7) is 8.20. The van der Waals surface area contributed by atoms with Gasteiger partial charge >= 0.3 is 6.09 Å². The summed E-state index contributed by atoms with van der Waals surface area (Å²) >= 11 is 0. The number of likely N-dealkylation sites (N-methyl/N-ethyl adjacent to an activating group) is 1. The minimum atomic E-state index is -1.13. The molecular weight excluding hydrogens is 713 g/mol. The first-order valence-corrected chi connectivity index (χ1v) is 19.2. The van der Waals surface area contributed by atoms with Gasteiger partial charge < -0.3 is 30.2 Å². The van der Waals surface area contributed by atoms with Gasteiger partial charge in [-0.25, -0.2) is 19.7 Å². The zero-order valence-corrected chi connectivity index (χ0v) is 32.3. The average molecular weight is 761 g/mol. The topological polar surface area (TPSA) is 193 Å². The van der Waals surface area contributed by atoms with Gasteiger partial charge in [0, 0.05) is 38.2 Å². The Bertz CT molecular complexity index is 2250. The first-order chi connectivity index (χ1) is 26.9. The number of nitrogens with zero attached hydrogens (tertiary/aromatic N) is 7.